The first-order valence-corrected chi connectivity index (χ1v) is 13.6. The van der Waals surface area contributed by atoms with E-state index >= 15 is 0 Å². The van der Waals surface area contributed by atoms with Gasteiger partial charge in [0.15, 0.2) is 11.9 Å². The van der Waals surface area contributed by atoms with Gasteiger partial charge >= 0.3 is 6.09 Å². The van der Waals surface area contributed by atoms with Gasteiger partial charge in [0, 0.05) is 41.1 Å². The van der Waals surface area contributed by atoms with Gasteiger partial charge in [-0.2, -0.15) is 4.31 Å². The van der Waals surface area contributed by atoms with Gasteiger partial charge in [0.25, 0.3) is 0 Å². The molecule has 2 heterocycles. The molecule has 0 aliphatic carbocycles. The van der Waals surface area contributed by atoms with Crippen LogP contribution in [0.1, 0.15) is 34.1 Å². The molecule has 38 heavy (non-hydrogen) atoms. The van der Waals surface area contributed by atoms with Crippen molar-refractivity contribution < 1.29 is 40.8 Å². The van der Waals surface area contributed by atoms with Crippen LogP contribution >= 0.6 is 0 Å². The van der Waals surface area contributed by atoms with Crippen LogP contribution in [-0.4, -0.2) is 68.1 Å². The van der Waals surface area contributed by atoms with Gasteiger partial charge in [0.2, 0.25) is 10.0 Å². The van der Waals surface area contributed by atoms with Gasteiger partial charge in [0.05, 0.1) is 22.2 Å². The minimum absolute atomic E-state index is 0.206. The molecular formula is C27H37N3O7S. The third-order valence-electron chi connectivity index (χ3n) is 6.28. The van der Waals surface area contributed by atoms with E-state index in [1.165, 1.54) is 24.3 Å². The molecule has 6 atom stereocenters. The number of rotatable bonds is 11. The molecule has 2 aliphatic rings. The summed E-state index contributed by atoms with van der Waals surface area (Å²) in [7, 11) is -4.83. The second kappa shape index (κ2) is 11.6. The number of carbonyl (C=O) groups is 1. The lowest BCUT2D eigenvalue weighted by atomic mass is 9.72. The molecular weight excluding hydrogens is 510 g/mol. The smallest absolute Gasteiger partial charge is 0.405 e. The number of nitrogen functional groups attached to an aromatic ring is 1. The number of anilines is 1. The number of fused-ring (bicyclic) bond motifs is 1. The van der Waals surface area contributed by atoms with E-state index in [-0.39, 0.29) is 28.6 Å². The summed E-state index contributed by atoms with van der Waals surface area (Å²) in [5.74, 6) is -4.79. The quantitative estimate of drug-likeness (QED) is 0.358. The van der Waals surface area contributed by atoms with Crippen LogP contribution < -0.4 is 11.5 Å². The Kier molecular flexibility index (Phi) is 6.45. The summed E-state index contributed by atoms with van der Waals surface area (Å²) in [6, 6.07) is 12.7. The Balaban J connectivity index is 2.02. The minimum atomic E-state index is -4.83. The Labute approximate surface area is 232 Å². The molecule has 2 aliphatic heterocycles. The van der Waals surface area contributed by atoms with Gasteiger partial charge in [-0.05, 0) is 42.2 Å². The summed E-state index contributed by atoms with van der Waals surface area (Å²) in [4.78, 5) is 12.2. The molecule has 0 saturated carbocycles. The number of nitrogens with two attached hydrogens (primary N) is 2. The number of amides is 1. The van der Waals surface area contributed by atoms with Crippen LogP contribution in [0.3, 0.4) is 0 Å². The van der Waals surface area contributed by atoms with E-state index in [0.717, 1.165) is 12.1 Å². The molecule has 2 fully saturated rings. The molecule has 0 spiro atoms. The van der Waals surface area contributed by atoms with Crippen LogP contribution in [0.4, 0.5) is 10.5 Å². The Morgan fingerprint density at radius 1 is 1.29 bits per heavy atom. The lowest BCUT2D eigenvalue weighted by Gasteiger charge is -2.44. The second-order valence-corrected chi connectivity index (χ2v) is 11.4. The zero-order valence-electron chi connectivity index (χ0n) is 27.2. The Hall–Kier alpha value is -2.70. The number of hydrogen-bond donors (Lipinski definition) is 3. The number of ether oxygens (including phenoxy) is 3. The highest BCUT2D eigenvalue weighted by Crippen LogP contribution is 2.46. The van der Waals surface area contributed by atoms with Crippen molar-refractivity contribution in [2.75, 3.05) is 32.0 Å². The van der Waals surface area contributed by atoms with Crippen LogP contribution in [0.5, 0.6) is 0 Å². The van der Waals surface area contributed by atoms with Gasteiger partial charge in [-0.1, -0.05) is 44.2 Å². The monoisotopic (exact) mass is 553 g/mol. The van der Waals surface area contributed by atoms with E-state index in [2.05, 4.69) is 0 Å². The SMILES string of the molecule is [2H]C1O[C@@]2([2H])OCC[C@@]2([2H])[C@H]1[C@@](Cc1ccccc1)(OC(N)=O)[C@]([2H])(O)C([2H])([2H])N(CC(C)C)S(=O)(=O)c1ccc(N)cc1. The second-order valence-electron chi connectivity index (χ2n) is 9.58. The Morgan fingerprint density at radius 3 is 2.61 bits per heavy atom. The highest BCUT2D eigenvalue weighted by molar-refractivity contribution is 7.89. The summed E-state index contributed by atoms with van der Waals surface area (Å²) in [5.41, 5.74) is 8.71. The standard InChI is InChI=1S/C27H37N3O7S/c1-18(2)15-30(38(33,34)21-10-8-20(28)9-11-21)16-24(31)27(37-26(29)32,14-19-6-4-3-5-7-19)23-17-36-25-22(23)12-13-35-25/h3-11,18,22-25,31H,12-17,28H2,1-2H3,(H2,29,32)/t22-,23-,24+,25+,27+/m0/s1/i16D2,17D,22D,24D,25D/t17?,22-,23-,24+,25+,27+. The first kappa shape index (κ1) is 21.2. The largest absolute Gasteiger partial charge is 0.440 e. The van der Waals surface area contributed by atoms with Crippen molar-refractivity contribution >= 4 is 21.8 Å². The molecule has 1 unspecified atom stereocenters. The topological polar surface area (TPSA) is 154 Å². The fraction of sp³-hybridized carbons (Fsp3) is 0.519. The average molecular weight is 554 g/mol. The third kappa shape index (κ3) is 5.97. The van der Waals surface area contributed by atoms with Crippen molar-refractivity contribution in [3.8, 4) is 0 Å². The van der Waals surface area contributed by atoms with Crippen molar-refractivity contribution in [3.63, 3.8) is 0 Å². The molecule has 1 amide bonds. The van der Waals surface area contributed by atoms with Crippen molar-refractivity contribution in [2.24, 2.45) is 23.5 Å². The first-order valence-electron chi connectivity index (χ1n) is 15.2. The maximum Gasteiger partial charge on any atom is 0.405 e. The zero-order valence-corrected chi connectivity index (χ0v) is 22.0. The molecule has 5 N–H and O–H groups in total. The normalized spacial score (nSPS) is 33.1. The van der Waals surface area contributed by atoms with Gasteiger partial charge < -0.3 is 30.8 Å². The van der Waals surface area contributed by atoms with Crippen LogP contribution in [0.2, 0.25) is 0 Å². The zero-order chi connectivity index (χ0) is 32.9. The maximum absolute atomic E-state index is 14.0. The van der Waals surface area contributed by atoms with Crippen LogP contribution in [0, 0.1) is 17.7 Å². The number of sulfonamides is 1. The van der Waals surface area contributed by atoms with Crippen molar-refractivity contribution in [3.05, 3.63) is 60.2 Å². The highest BCUT2D eigenvalue weighted by atomic mass is 32.2. The van der Waals surface area contributed by atoms with Crippen LogP contribution in [-0.2, 0) is 30.7 Å². The van der Waals surface area contributed by atoms with Crippen molar-refractivity contribution in [1.29, 1.82) is 0 Å². The van der Waals surface area contributed by atoms with Gasteiger partial charge in [0.1, 0.15) is 6.08 Å². The lowest BCUT2D eigenvalue weighted by Crippen LogP contribution is -2.60. The van der Waals surface area contributed by atoms with Crippen molar-refractivity contribution in [2.45, 2.75) is 49.5 Å². The molecule has 11 heteroatoms. The summed E-state index contributed by atoms with van der Waals surface area (Å²) >= 11 is 0. The third-order valence-corrected chi connectivity index (χ3v) is 7.97. The van der Waals surface area contributed by atoms with E-state index in [9.17, 15) is 23.8 Å². The lowest BCUT2D eigenvalue weighted by molar-refractivity contribution is -0.127. The van der Waals surface area contributed by atoms with Crippen molar-refractivity contribution in [1.82, 2.24) is 4.31 Å². The van der Waals surface area contributed by atoms with Crippen LogP contribution in [0.25, 0.3) is 0 Å². The number of hydrogen-bond acceptors (Lipinski definition) is 8. The molecule has 10 nitrogen and oxygen atoms in total. The summed E-state index contributed by atoms with van der Waals surface area (Å²) in [5, 5.41) is 12.3. The Morgan fingerprint density at radius 2 is 1.97 bits per heavy atom. The number of nitrogens with zero attached hydrogens (tertiary/aromatic N) is 1. The van der Waals surface area contributed by atoms with Gasteiger partial charge in [-0.25, -0.2) is 13.2 Å². The average Bonchev–Trinajstić information content (AvgIpc) is 3.30. The van der Waals surface area contributed by atoms with E-state index in [1.807, 2.05) is 0 Å². The molecule has 0 radical (unpaired) electrons. The number of aliphatic hydroxyl groups is 1. The van der Waals surface area contributed by atoms with E-state index in [0.29, 0.717) is 0 Å². The summed E-state index contributed by atoms with van der Waals surface area (Å²) in [6.45, 7) is -3.19. The fourth-order valence-electron chi connectivity index (χ4n) is 4.53. The molecule has 2 saturated heterocycles. The number of benzene rings is 2. The Bertz CT molecular complexity index is 1470. The predicted molar refractivity (Wildman–Crippen MR) is 141 cm³/mol. The molecule has 0 bridgehead atoms. The van der Waals surface area contributed by atoms with Crippen LogP contribution in [0.15, 0.2) is 59.5 Å². The maximum atomic E-state index is 14.0. The van der Waals surface area contributed by atoms with E-state index in [4.69, 9.17) is 28.4 Å². The molecule has 2 aromatic rings. The molecule has 2 aromatic carbocycles. The number of primary amides is 1. The summed E-state index contributed by atoms with van der Waals surface area (Å²) in [6.07, 6.45) is -8.91. The van der Waals surface area contributed by atoms with E-state index in [1.54, 1.807) is 32.0 Å². The van der Waals surface area contributed by atoms with E-state index < -0.39 is 82.7 Å². The fourth-order valence-corrected chi connectivity index (χ4v) is 5.96. The first-order chi connectivity index (χ1) is 20.2. The molecule has 208 valence electrons. The predicted octanol–water partition coefficient (Wildman–Crippen LogP) is 2.36. The number of carbonyl (C=O) groups excluding carboxylic acids is 1. The minimum Gasteiger partial charge on any atom is -0.440 e. The van der Waals surface area contributed by atoms with Gasteiger partial charge in [-0.3, -0.25) is 0 Å². The molecule has 0 aromatic heterocycles. The highest BCUT2D eigenvalue weighted by Gasteiger charge is 2.58. The summed E-state index contributed by atoms with van der Waals surface area (Å²) < 4.78 is 99.1. The molecule has 4 rings (SSSR count). The van der Waals surface area contributed by atoms with Gasteiger partial charge in [-0.15, -0.1) is 0 Å².